The van der Waals surface area contributed by atoms with E-state index >= 15 is 0 Å². The first-order valence-electron chi connectivity index (χ1n) is 10.0. The van der Waals surface area contributed by atoms with Crippen LogP contribution in [-0.2, 0) is 4.79 Å². The largest absolute Gasteiger partial charge is 0.338 e. The van der Waals surface area contributed by atoms with Gasteiger partial charge >= 0.3 is 6.03 Å². The normalized spacial score (nSPS) is 30.8. The molecule has 0 atom stereocenters. The fourth-order valence-corrected chi connectivity index (χ4v) is 5.82. The van der Waals surface area contributed by atoms with Crippen LogP contribution in [0.4, 0.5) is 14.9 Å². The zero-order valence-corrected chi connectivity index (χ0v) is 15.8. The monoisotopic (exact) mass is 373 g/mol. The number of nitrogens with one attached hydrogen (secondary N) is 3. The maximum Gasteiger partial charge on any atom is 0.315 e. The number of rotatable bonds is 5. The Morgan fingerprint density at radius 1 is 1.11 bits per heavy atom. The summed E-state index contributed by atoms with van der Waals surface area (Å²) >= 11 is 0. The third-order valence-corrected chi connectivity index (χ3v) is 6.52. The van der Waals surface area contributed by atoms with Gasteiger partial charge in [0.1, 0.15) is 5.82 Å². The van der Waals surface area contributed by atoms with Gasteiger partial charge in [-0.1, -0.05) is 0 Å². The predicted octanol–water partition coefficient (Wildman–Crippen LogP) is 3.73. The summed E-state index contributed by atoms with van der Waals surface area (Å²) in [6, 6.07) is 4.09. The second-order valence-electron chi connectivity index (χ2n) is 8.84. The Balaban J connectivity index is 1.22. The molecule has 0 heterocycles. The van der Waals surface area contributed by atoms with E-state index in [4.69, 9.17) is 0 Å². The second kappa shape index (κ2) is 7.13. The van der Waals surface area contributed by atoms with Crippen molar-refractivity contribution in [3.05, 3.63) is 29.6 Å². The van der Waals surface area contributed by atoms with Crippen LogP contribution in [0.2, 0.25) is 0 Å². The molecule has 6 heteroatoms. The summed E-state index contributed by atoms with van der Waals surface area (Å²) in [4.78, 5) is 24.4. The molecule has 146 valence electrons. The molecule has 0 saturated heterocycles. The Hall–Kier alpha value is -2.11. The van der Waals surface area contributed by atoms with Crippen molar-refractivity contribution in [1.82, 2.24) is 10.6 Å². The number of carbonyl (C=O) groups is 2. The molecule has 3 amide bonds. The molecule has 4 saturated carbocycles. The number of anilines is 1. The third-order valence-electron chi connectivity index (χ3n) is 6.52. The predicted molar refractivity (Wildman–Crippen MR) is 102 cm³/mol. The average Bonchev–Trinajstić information content (AvgIpc) is 2.55. The van der Waals surface area contributed by atoms with Crippen LogP contribution in [0.1, 0.15) is 50.5 Å². The van der Waals surface area contributed by atoms with Gasteiger partial charge in [0.05, 0.1) is 0 Å². The number of halogens is 1. The van der Waals surface area contributed by atoms with Gasteiger partial charge in [-0.05, 0) is 87.0 Å². The summed E-state index contributed by atoms with van der Waals surface area (Å²) in [5.41, 5.74) is 1.25. The molecule has 4 fully saturated rings. The van der Waals surface area contributed by atoms with Gasteiger partial charge in [-0.25, -0.2) is 9.18 Å². The topological polar surface area (TPSA) is 70.2 Å². The van der Waals surface area contributed by atoms with Gasteiger partial charge < -0.3 is 16.0 Å². The maximum absolute atomic E-state index is 13.1. The summed E-state index contributed by atoms with van der Waals surface area (Å²) < 4.78 is 13.1. The van der Waals surface area contributed by atoms with Crippen molar-refractivity contribution in [3.63, 3.8) is 0 Å². The minimum Gasteiger partial charge on any atom is -0.338 e. The van der Waals surface area contributed by atoms with Gasteiger partial charge in [-0.15, -0.1) is 0 Å². The molecular formula is C21H28FN3O2. The molecule has 0 aromatic heterocycles. The van der Waals surface area contributed by atoms with Crippen LogP contribution < -0.4 is 16.0 Å². The highest BCUT2D eigenvalue weighted by molar-refractivity contribution is 5.91. The van der Waals surface area contributed by atoms with Gasteiger partial charge in [0.15, 0.2) is 0 Å². The fraction of sp³-hybridized carbons (Fsp3) is 0.619. The number of hydrogen-bond donors (Lipinski definition) is 3. The minimum atomic E-state index is -0.325. The molecule has 4 bridgehead atoms. The van der Waals surface area contributed by atoms with Crippen LogP contribution in [-0.4, -0.2) is 24.0 Å². The number of hydrogen-bond acceptors (Lipinski definition) is 2. The van der Waals surface area contributed by atoms with E-state index in [2.05, 4.69) is 16.0 Å². The molecule has 1 aromatic carbocycles. The van der Waals surface area contributed by atoms with E-state index in [1.165, 1.54) is 31.4 Å². The number of aryl methyl sites for hydroxylation is 1. The lowest BCUT2D eigenvalue weighted by Crippen LogP contribution is -2.61. The van der Waals surface area contributed by atoms with Crippen LogP contribution in [0.3, 0.4) is 0 Å². The van der Waals surface area contributed by atoms with E-state index in [1.807, 2.05) is 0 Å². The van der Waals surface area contributed by atoms with Crippen molar-refractivity contribution >= 4 is 17.6 Å². The van der Waals surface area contributed by atoms with E-state index in [1.54, 1.807) is 13.0 Å². The SMILES string of the molecule is Cc1cc(F)ccc1NC(=O)CCNC(=O)NC12CC3CC(CC(C3)C1)C2. The van der Waals surface area contributed by atoms with Gasteiger partial charge in [0.25, 0.3) is 0 Å². The zero-order chi connectivity index (χ0) is 19.0. The van der Waals surface area contributed by atoms with Crippen LogP contribution in [0.25, 0.3) is 0 Å². The summed E-state index contributed by atoms with van der Waals surface area (Å²) in [5, 5.41) is 8.83. The Labute approximate surface area is 159 Å². The molecular weight excluding hydrogens is 345 g/mol. The lowest BCUT2D eigenvalue weighted by Gasteiger charge is -2.56. The molecule has 0 unspecified atom stereocenters. The van der Waals surface area contributed by atoms with Crippen LogP contribution in [0, 0.1) is 30.5 Å². The van der Waals surface area contributed by atoms with Gasteiger partial charge in [0.2, 0.25) is 5.91 Å². The molecule has 5 rings (SSSR count). The highest BCUT2D eigenvalue weighted by atomic mass is 19.1. The first-order chi connectivity index (χ1) is 12.9. The smallest absolute Gasteiger partial charge is 0.315 e. The molecule has 0 radical (unpaired) electrons. The third kappa shape index (κ3) is 4.09. The quantitative estimate of drug-likeness (QED) is 0.736. The number of carbonyl (C=O) groups excluding carboxylic acids is 2. The summed E-state index contributed by atoms with van der Waals surface area (Å²) in [5.74, 6) is 1.82. The van der Waals surface area contributed by atoms with E-state index in [0.29, 0.717) is 11.3 Å². The van der Waals surface area contributed by atoms with Crippen molar-refractivity contribution in [2.24, 2.45) is 17.8 Å². The van der Waals surface area contributed by atoms with E-state index < -0.39 is 0 Å². The highest BCUT2D eigenvalue weighted by Crippen LogP contribution is 2.55. The molecule has 1 aromatic rings. The molecule has 27 heavy (non-hydrogen) atoms. The first-order valence-corrected chi connectivity index (χ1v) is 10.0. The van der Waals surface area contributed by atoms with Gasteiger partial charge in [-0.3, -0.25) is 4.79 Å². The molecule has 0 spiro atoms. The Kier molecular flexibility index (Phi) is 4.82. The van der Waals surface area contributed by atoms with Crippen molar-refractivity contribution in [1.29, 1.82) is 0 Å². The van der Waals surface area contributed by atoms with E-state index in [0.717, 1.165) is 37.0 Å². The number of amides is 3. The molecule has 4 aliphatic rings. The lowest BCUT2D eigenvalue weighted by molar-refractivity contribution is -0.116. The maximum atomic E-state index is 13.1. The standard InChI is InChI=1S/C21H28FN3O2/c1-13-6-17(22)2-3-18(13)24-19(26)4-5-23-20(27)25-21-10-14-7-15(11-21)9-16(8-14)12-21/h2-3,6,14-16H,4-5,7-12H2,1H3,(H,24,26)(H2,23,25,27). The van der Waals surface area contributed by atoms with E-state index in [-0.39, 0.29) is 36.3 Å². The van der Waals surface area contributed by atoms with Crippen molar-refractivity contribution in [3.8, 4) is 0 Å². The number of urea groups is 1. The van der Waals surface area contributed by atoms with E-state index in [9.17, 15) is 14.0 Å². The van der Waals surface area contributed by atoms with Gasteiger partial charge in [0, 0.05) is 24.2 Å². The lowest BCUT2D eigenvalue weighted by atomic mass is 9.53. The molecule has 0 aliphatic heterocycles. The Morgan fingerprint density at radius 3 is 2.33 bits per heavy atom. The summed E-state index contributed by atoms with van der Waals surface area (Å²) in [7, 11) is 0. The summed E-state index contributed by atoms with van der Waals surface area (Å²) in [6.45, 7) is 2.03. The van der Waals surface area contributed by atoms with Crippen molar-refractivity contribution in [2.75, 3.05) is 11.9 Å². The average molecular weight is 373 g/mol. The number of benzene rings is 1. The van der Waals surface area contributed by atoms with Crippen LogP contribution in [0.5, 0.6) is 0 Å². The van der Waals surface area contributed by atoms with Crippen LogP contribution >= 0.6 is 0 Å². The minimum absolute atomic E-state index is 0.0215. The fourth-order valence-electron chi connectivity index (χ4n) is 5.82. The summed E-state index contributed by atoms with van der Waals surface area (Å²) in [6.07, 6.45) is 7.53. The Bertz CT molecular complexity index is 714. The van der Waals surface area contributed by atoms with Gasteiger partial charge in [-0.2, -0.15) is 0 Å². The zero-order valence-electron chi connectivity index (χ0n) is 15.8. The molecule has 3 N–H and O–H groups in total. The Morgan fingerprint density at radius 2 is 1.74 bits per heavy atom. The first kappa shape index (κ1) is 18.3. The second-order valence-corrected chi connectivity index (χ2v) is 8.84. The molecule has 5 nitrogen and oxygen atoms in total. The highest BCUT2D eigenvalue weighted by Gasteiger charge is 2.51. The van der Waals surface area contributed by atoms with Crippen LogP contribution in [0.15, 0.2) is 18.2 Å². The van der Waals surface area contributed by atoms with Crippen molar-refractivity contribution in [2.45, 2.75) is 57.4 Å². The van der Waals surface area contributed by atoms with Crippen molar-refractivity contribution < 1.29 is 14.0 Å². The molecule has 4 aliphatic carbocycles.